The number of hydrogen-bond donors (Lipinski definition) is 1. The summed E-state index contributed by atoms with van der Waals surface area (Å²) >= 11 is 3.41. The quantitative estimate of drug-likeness (QED) is 0.892. The highest BCUT2D eigenvalue weighted by molar-refractivity contribution is 9.10. The van der Waals surface area contributed by atoms with Gasteiger partial charge in [0.15, 0.2) is 0 Å². The predicted octanol–water partition coefficient (Wildman–Crippen LogP) is 3.90. The smallest absolute Gasteiger partial charge is 0.123 e. The molecule has 16 heavy (non-hydrogen) atoms. The van der Waals surface area contributed by atoms with Crippen LogP contribution in [0.4, 0.5) is 4.39 Å². The van der Waals surface area contributed by atoms with Crippen LogP contribution in [0.2, 0.25) is 0 Å². The Balaban J connectivity index is 2.03. The maximum absolute atomic E-state index is 13.2. The molecule has 0 heterocycles. The van der Waals surface area contributed by atoms with E-state index in [4.69, 9.17) is 5.73 Å². The first kappa shape index (κ1) is 12.1. The van der Waals surface area contributed by atoms with Crippen LogP contribution in [0.3, 0.4) is 0 Å². The van der Waals surface area contributed by atoms with Gasteiger partial charge in [0.25, 0.3) is 0 Å². The lowest BCUT2D eigenvalue weighted by Crippen LogP contribution is -2.22. The predicted molar refractivity (Wildman–Crippen MR) is 68.1 cm³/mol. The van der Waals surface area contributed by atoms with Crippen LogP contribution in [0.1, 0.15) is 43.5 Å². The molecule has 0 aromatic heterocycles. The van der Waals surface area contributed by atoms with E-state index in [-0.39, 0.29) is 5.54 Å². The standard InChI is InChI=1S/C13H17BrFN/c1-9(15)11-3-2-10(8-12(11)14)4-5-13(16)6-7-13/h2-3,8-9H,4-7,16H2,1H3. The molecule has 0 saturated heterocycles. The molecular weight excluding hydrogens is 269 g/mol. The van der Waals surface area contributed by atoms with Crippen molar-refractivity contribution in [2.45, 2.75) is 44.3 Å². The molecule has 1 atom stereocenters. The van der Waals surface area contributed by atoms with E-state index in [1.54, 1.807) is 6.92 Å². The Morgan fingerprint density at radius 2 is 2.19 bits per heavy atom. The number of benzene rings is 1. The van der Waals surface area contributed by atoms with Gasteiger partial charge in [0.05, 0.1) is 0 Å². The summed E-state index contributed by atoms with van der Waals surface area (Å²) in [5.41, 5.74) is 8.08. The van der Waals surface area contributed by atoms with E-state index in [1.165, 1.54) is 5.56 Å². The number of halogens is 2. The fraction of sp³-hybridized carbons (Fsp3) is 0.538. The average molecular weight is 286 g/mol. The van der Waals surface area contributed by atoms with Crippen molar-refractivity contribution in [1.82, 2.24) is 0 Å². The molecule has 88 valence electrons. The molecule has 0 bridgehead atoms. The molecule has 3 heteroatoms. The zero-order chi connectivity index (χ0) is 11.8. The van der Waals surface area contributed by atoms with Gasteiger partial charge in [0.2, 0.25) is 0 Å². The fourth-order valence-electron chi connectivity index (χ4n) is 1.85. The molecule has 1 aliphatic rings. The maximum Gasteiger partial charge on any atom is 0.123 e. The first-order valence-electron chi connectivity index (χ1n) is 5.71. The summed E-state index contributed by atoms with van der Waals surface area (Å²) < 4.78 is 14.0. The van der Waals surface area contributed by atoms with Crippen LogP contribution in [0, 0.1) is 0 Å². The molecule has 1 aromatic carbocycles. The van der Waals surface area contributed by atoms with Gasteiger partial charge >= 0.3 is 0 Å². The minimum Gasteiger partial charge on any atom is -0.325 e. The minimum atomic E-state index is -0.923. The van der Waals surface area contributed by atoms with Crippen molar-refractivity contribution in [1.29, 1.82) is 0 Å². The Kier molecular flexibility index (Phi) is 3.36. The zero-order valence-electron chi connectivity index (χ0n) is 9.47. The van der Waals surface area contributed by atoms with E-state index >= 15 is 0 Å². The number of aryl methyl sites for hydroxylation is 1. The maximum atomic E-state index is 13.2. The summed E-state index contributed by atoms with van der Waals surface area (Å²) in [6, 6.07) is 5.87. The molecule has 2 rings (SSSR count). The molecule has 0 radical (unpaired) electrons. The highest BCUT2D eigenvalue weighted by Crippen LogP contribution is 2.37. The van der Waals surface area contributed by atoms with Gasteiger partial charge in [-0.25, -0.2) is 4.39 Å². The second-order valence-corrected chi connectivity index (χ2v) is 5.69. The van der Waals surface area contributed by atoms with Crippen molar-refractivity contribution < 1.29 is 4.39 Å². The van der Waals surface area contributed by atoms with Crippen LogP contribution in [0.5, 0.6) is 0 Å². The third kappa shape index (κ3) is 2.83. The summed E-state index contributed by atoms with van der Waals surface area (Å²) in [6.07, 6.45) is 3.38. The Bertz CT molecular complexity index is 386. The molecule has 0 amide bonds. The van der Waals surface area contributed by atoms with Gasteiger partial charge < -0.3 is 5.73 Å². The van der Waals surface area contributed by atoms with Crippen LogP contribution < -0.4 is 5.73 Å². The number of nitrogens with two attached hydrogens (primary N) is 1. The molecule has 1 aliphatic carbocycles. The molecule has 1 fully saturated rings. The molecule has 0 spiro atoms. The number of rotatable bonds is 4. The summed E-state index contributed by atoms with van der Waals surface area (Å²) in [6.45, 7) is 1.55. The fourth-order valence-corrected chi connectivity index (χ4v) is 2.59. The molecule has 1 unspecified atom stereocenters. The SMILES string of the molecule is CC(F)c1ccc(CCC2(N)CC2)cc1Br. The van der Waals surface area contributed by atoms with E-state index in [2.05, 4.69) is 15.9 Å². The molecular formula is C13H17BrFN. The lowest BCUT2D eigenvalue weighted by molar-refractivity contribution is 0.373. The topological polar surface area (TPSA) is 26.0 Å². The Morgan fingerprint density at radius 1 is 1.50 bits per heavy atom. The largest absolute Gasteiger partial charge is 0.325 e. The Hall–Kier alpha value is -0.410. The van der Waals surface area contributed by atoms with Crippen molar-refractivity contribution in [3.63, 3.8) is 0 Å². The lowest BCUT2D eigenvalue weighted by Gasteiger charge is -2.10. The first-order chi connectivity index (χ1) is 7.50. The van der Waals surface area contributed by atoms with Crippen LogP contribution in [-0.2, 0) is 6.42 Å². The van der Waals surface area contributed by atoms with Crippen molar-refractivity contribution in [2.24, 2.45) is 5.73 Å². The van der Waals surface area contributed by atoms with E-state index in [0.29, 0.717) is 0 Å². The van der Waals surface area contributed by atoms with Crippen LogP contribution in [0.25, 0.3) is 0 Å². The van der Waals surface area contributed by atoms with Gasteiger partial charge in [-0.3, -0.25) is 0 Å². The van der Waals surface area contributed by atoms with Crippen LogP contribution in [0.15, 0.2) is 22.7 Å². The second-order valence-electron chi connectivity index (χ2n) is 4.83. The minimum absolute atomic E-state index is 0.0958. The van der Waals surface area contributed by atoms with Crippen LogP contribution >= 0.6 is 15.9 Å². The molecule has 1 aromatic rings. The lowest BCUT2D eigenvalue weighted by atomic mass is 10.0. The van der Waals surface area contributed by atoms with Gasteiger partial charge in [-0.05, 0) is 49.8 Å². The monoisotopic (exact) mass is 285 g/mol. The van der Waals surface area contributed by atoms with E-state index in [0.717, 1.165) is 35.7 Å². The van der Waals surface area contributed by atoms with Crippen LogP contribution in [-0.4, -0.2) is 5.54 Å². The third-order valence-electron chi connectivity index (χ3n) is 3.30. The van der Waals surface area contributed by atoms with E-state index in [9.17, 15) is 4.39 Å². The first-order valence-corrected chi connectivity index (χ1v) is 6.51. The van der Waals surface area contributed by atoms with E-state index < -0.39 is 6.17 Å². The molecule has 1 nitrogen and oxygen atoms in total. The molecule has 0 aliphatic heterocycles. The van der Waals surface area contributed by atoms with Crippen molar-refractivity contribution in [3.05, 3.63) is 33.8 Å². The van der Waals surface area contributed by atoms with Gasteiger partial charge in [-0.15, -0.1) is 0 Å². The molecule has 2 N–H and O–H groups in total. The van der Waals surface area contributed by atoms with Crippen molar-refractivity contribution in [2.75, 3.05) is 0 Å². The van der Waals surface area contributed by atoms with Gasteiger partial charge in [-0.1, -0.05) is 28.1 Å². The van der Waals surface area contributed by atoms with Gasteiger partial charge in [0, 0.05) is 10.0 Å². The summed E-state index contributed by atoms with van der Waals surface area (Å²) in [5, 5.41) is 0. The summed E-state index contributed by atoms with van der Waals surface area (Å²) in [5.74, 6) is 0. The van der Waals surface area contributed by atoms with Gasteiger partial charge in [0.1, 0.15) is 6.17 Å². The Labute approximate surface area is 104 Å². The van der Waals surface area contributed by atoms with E-state index in [1.807, 2.05) is 18.2 Å². The highest BCUT2D eigenvalue weighted by Gasteiger charge is 2.37. The second kappa shape index (κ2) is 4.46. The van der Waals surface area contributed by atoms with Crippen molar-refractivity contribution in [3.8, 4) is 0 Å². The average Bonchev–Trinajstić information content (AvgIpc) is 2.94. The number of alkyl halides is 1. The Morgan fingerprint density at radius 3 is 2.69 bits per heavy atom. The highest BCUT2D eigenvalue weighted by atomic mass is 79.9. The summed E-state index contributed by atoms with van der Waals surface area (Å²) in [7, 11) is 0. The number of hydrogen-bond acceptors (Lipinski definition) is 1. The molecule has 1 saturated carbocycles. The normalized spacial score (nSPS) is 19.5. The summed E-state index contributed by atoms with van der Waals surface area (Å²) in [4.78, 5) is 0. The zero-order valence-corrected chi connectivity index (χ0v) is 11.1. The third-order valence-corrected chi connectivity index (χ3v) is 3.98. The van der Waals surface area contributed by atoms with Crippen molar-refractivity contribution >= 4 is 15.9 Å². The van der Waals surface area contributed by atoms with Gasteiger partial charge in [-0.2, -0.15) is 0 Å².